The van der Waals surface area contributed by atoms with Crippen molar-refractivity contribution in [2.24, 2.45) is 11.8 Å². The second-order valence-corrected chi connectivity index (χ2v) is 28.8. The lowest BCUT2D eigenvalue weighted by molar-refractivity contribution is -0.157. The Kier molecular flexibility index (Phi) is 28.7. The molecule has 0 unspecified atom stereocenters. The van der Waals surface area contributed by atoms with Gasteiger partial charge in [-0.1, -0.05) is 57.4 Å². The van der Waals surface area contributed by atoms with Gasteiger partial charge in [0.05, 0.1) is 31.2 Å². The van der Waals surface area contributed by atoms with Crippen molar-refractivity contribution in [3.8, 4) is 12.3 Å². The fourth-order valence-corrected chi connectivity index (χ4v) is 14.7. The minimum atomic E-state index is -5.46. The molecule has 12 amide bonds. The molecule has 3 N–H and O–H groups in total. The summed E-state index contributed by atoms with van der Waals surface area (Å²) in [6, 6.07) is -7.75. The fraction of sp³-hybridized carbons (Fsp3) is 0.622. The molecule has 7 rings (SSSR count). The molecule has 2 bridgehead atoms. The summed E-state index contributed by atoms with van der Waals surface area (Å²) in [5, 5.41) is 8.12. The summed E-state index contributed by atoms with van der Waals surface area (Å²) in [7, 11) is 10.4. The number of hydrogen-bond donors (Lipinski definition) is 3. The summed E-state index contributed by atoms with van der Waals surface area (Å²) in [5.41, 5.74) is -5.29. The molecule has 5 aliphatic rings. The lowest BCUT2D eigenvalue weighted by Gasteiger charge is -2.46. The number of fused-ring (bicyclic) bond motifs is 3. The van der Waals surface area contributed by atoms with Crippen molar-refractivity contribution in [3.63, 3.8) is 0 Å². The molecule has 2 saturated heterocycles. The monoisotopic (exact) mass is 1510 g/mol. The number of aryl methyl sites for hydroxylation is 1. The molecule has 1 spiro atoms. The summed E-state index contributed by atoms with van der Waals surface area (Å²) in [5.74, 6) is -13.3. The van der Waals surface area contributed by atoms with Crippen LogP contribution in [-0.4, -0.2) is 264 Å². The van der Waals surface area contributed by atoms with E-state index < -0.39 is 229 Å². The van der Waals surface area contributed by atoms with Crippen molar-refractivity contribution >= 4 is 70.9 Å². The molecule has 107 heavy (non-hydrogen) atoms. The zero-order valence-corrected chi connectivity index (χ0v) is 62.3. The van der Waals surface area contributed by atoms with Crippen molar-refractivity contribution in [1.82, 2.24) is 60.0 Å². The number of halogens is 8. The molecule has 588 valence electrons. The quantitative estimate of drug-likeness (QED) is 0.148. The smallest absolute Gasteiger partial charge is 0.377 e. The highest BCUT2D eigenvalue weighted by atomic mass is 19.4. The van der Waals surface area contributed by atoms with Crippen molar-refractivity contribution in [3.05, 3.63) is 82.4 Å². The SMILES string of the molecule is C#CC[C@H]1C(=O)N[C@@H]([C@@H](C)CC)C(=O)N(C)CC(=O)N(C)[C@H]2C/C=C\CCN(C2=O)[C@@H](Cc2ccc(C(F)(F)F)cc2)C(=O)N(C)CC(=O)N[C@@H](CCc2cc(F)c(C(F)(F)F)c(F)c2)C(=O)N2C[C@H](OCC)C[C@H]2C(=O)NC2(CCC2)C(=O)N(C)[C@@H](C2CCCC2)C(=O)N(C)[C@H](C(=O)N(C)C)CC(=O)N1C. The molecule has 0 radical (unpaired) electrons. The third-order valence-electron chi connectivity index (χ3n) is 21.3. The molecule has 2 saturated carbocycles. The van der Waals surface area contributed by atoms with E-state index in [1.807, 2.05) is 0 Å². The van der Waals surface area contributed by atoms with Crippen LogP contribution in [0.15, 0.2) is 48.6 Å². The molecule has 2 aromatic carbocycles. The third kappa shape index (κ3) is 20.1. The molecule has 4 fully saturated rings. The van der Waals surface area contributed by atoms with Crippen LogP contribution < -0.4 is 16.0 Å². The molecule has 25 nitrogen and oxygen atoms in total. The third-order valence-corrected chi connectivity index (χ3v) is 21.3. The van der Waals surface area contributed by atoms with Gasteiger partial charge in [0.15, 0.2) is 0 Å². The highest BCUT2D eigenvalue weighted by Crippen LogP contribution is 2.40. The van der Waals surface area contributed by atoms with E-state index in [4.69, 9.17) is 11.2 Å². The van der Waals surface area contributed by atoms with E-state index in [0.717, 1.165) is 70.5 Å². The van der Waals surface area contributed by atoms with E-state index in [1.165, 1.54) is 54.2 Å². The van der Waals surface area contributed by atoms with Gasteiger partial charge in [-0.3, -0.25) is 57.5 Å². The Morgan fingerprint density at radius 1 is 0.701 bits per heavy atom. The van der Waals surface area contributed by atoms with Gasteiger partial charge in [-0.2, -0.15) is 26.3 Å². The number of rotatable bonds is 12. The van der Waals surface area contributed by atoms with E-state index in [2.05, 4.69) is 21.9 Å². The summed E-state index contributed by atoms with van der Waals surface area (Å²) >= 11 is 0. The molecular formula is C74H98F8N12O13. The van der Waals surface area contributed by atoms with Crippen LogP contribution >= 0.6 is 0 Å². The van der Waals surface area contributed by atoms with Crippen LogP contribution in [0, 0.1) is 35.8 Å². The zero-order valence-electron chi connectivity index (χ0n) is 62.3. The number of hydrogen-bond acceptors (Lipinski definition) is 13. The van der Waals surface area contributed by atoms with Crippen LogP contribution in [0.5, 0.6) is 0 Å². The predicted octanol–water partition coefficient (Wildman–Crippen LogP) is 4.72. The van der Waals surface area contributed by atoms with Crippen LogP contribution in [0.4, 0.5) is 35.1 Å². The number of ether oxygens (including phenoxy) is 1. The molecular weight excluding hydrogens is 1420 g/mol. The van der Waals surface area contributed by atoms with E-state index >= 15 is 37.5 Å². The van der Waals surface area contributed by atoms with Crippen molar-refractivity contribution < 1.29 is 97.4 Å². The Balaban J connectivity index is 1.35. The van der Waals surface area contributed by atoms with E-state index in [9.17, 15) is 55.1 Å². The first-order chi connectivity index (χ1) is 50.2. The first-order valence-corrected chi connectivity index (χ1v) is 35.9. The maximum absolute atomic E-state index is 15.4. The van der Waals surface area contributed by atoms with Gasteiger partial charge in [0.25, 0.3) is 0 Å². The minimum absolute atomic E-state index is 0.0213. The van der Waals surface area contributed by atoms with Gasteiger partial charge in [0.1, 0.15) is 71.1 Å². The minimum Gasteiger partial charge on any atom is -0.377 e. The number of carbonyl (C=O) groups excluding carboxylic acids is 12. The Morgan fingerprint density at radius 3 is 1.89 bits per heavy atom. The lowest BCUT2D eigenvalue weighted by atomic mass is 9.74. The number of carbonyl (C=O) groups is 12. The Morgan fingerprint density at radius 2 is 1.33 bits per heavy atom. The van der Waals surface area contributed by atoms with Crippen LogP contribution in [0.3, 0.4) is 0 Å². The standard InChI is InChI=1S/C74H98F8N12O13/c1-13-22-52-63(98)84-61(43(4)14-2)69(104)88(8)42-59(97)90(10)53-25-17-16-20-34-93(68(53)103)56(37-44-26-29-47(30-27-44)73(77,78)79)67(102)87(7)41-57(95)83-51(31-28-45-35-49(75)60(50(76)36-45)74(80,81)82)65(100)94-40-48(107-15-3)38-54(94)64(99)85-72(32-21-33-72)71(106)92(12)62(46-23-18-19-24-46)70(105)91(11)55(66(101)86(5)6)39-58(96)89(52)9/h1,16-17,26-27,29-30,35-36,43,46,48,51-56,61-62H,14-15,18-25,28,31-34,37-42H2,2-12H3,(H,83,95)(H,84,98)(H,85,99)/b17-16-/t43-,48+,51-,52-,53-,54-,55-,56-,61-,62-/m0/s1. The summed E-state index contributed by atoms with van der Waals surface area (Å²) in [6.45, 7) is 2.76. The molecule has 33 heteroatoms. The predicted molar refractivity (Wildman–Crippen MR) is 373 cm³/mol. The van der Waals surface area contributed by atoms with Gasteiger partial charge in [-0.05, 0) is 112 Å². The van der Waals surface area contributed by atoms with Gasteiger partial charge in [-0.15, -0.1) is 12.3 Å². The van der Waals surface area contributed by atoms with Crippen LogP contribution in [0.2, 0.25) is 0 Å². The number of alkyl halides is 6. The second-order valence-electron chi connectivity index (χ2n) is 28.8. The lowest BCUT2D eigenvalue weighted by Crippen LogP contribution is -2.68. The van der Waals surface area contributed by atoms with E-state index in [1.54, 1.807) is 32.9 Å². The molecule has 10 atom stereocenters. The first-order valence-electron chi connectivity index (χ1n) is 35.9. The first kappa shape index (κ1) is 85.0. The van der Waals surface area contributed by atoms with Gasteiger partial charge in [0, 0.05) is 95.3 Å². The zero-order chi connectivity index (χ0) is 79.5. The number of likely N-dealkylation sites (N-methyl/N-ethyl adjacent to an activating group) is 7. The van der Waals surface area contributed by atoms with Gasteiger partial charge in [0.2, 0.25) is 70.9 Å². The molecule has 2 aliphatic carbocycles. The fourth-order valence-electron chi connectivity index (χ4n) is 14.7. The van der Waals surface area contributed by atoms with Crippen LogP contribution in [0.25, 0.3) is 0 Å². The summed E-state index contributed by atoms with van der Waals surface area (Å²) in [4.78, 5) is 189. The molecule has 2 aromatic rings. The number of nitrogens with one attached hydrogen (secondary N) is 3. The molecule has 3 heterocycles. The van der Waals surface area contributed by atoms with Crippen molar-refractivity contribution in [2.45, 2.75) is 196 Å². The van der Waals surface area contributed by atoms with Crippen LogP contribution in [-0.2, 0) is 87.5 Å². The topological polar surface area (TPSA) is 279 Å². The van der Waals surface area contributed by atoms with E-state index in [0.29, 0.717) is 44.2 Å². The maximum Gasteiger partial charge on any atom is 0.422 e. The maximum atomic E-state index is 15.4. The average molecular weight is 1520 g/mol. The molecule has 3 aliphatic heterocycles. The van der Waals surface area contributed by atoms with Crippen LogP contribution in [0.1, 0.15) is 133 Å². The number of nitrogens with zero attached hydrogens (tertiary/aromatic N) is 9. The highest BCUT2D eigenvalue weighted by molar-refractivity contribution is 6.01. The number of amides is 12. The highest BCUT2D eigenvalue weighted by Gasteiger charge is 2.54. The van der Waals surface area contributed by atoms with Gasteiger partial charge >= 0.3 is 12.4 Å². The van der Waals surface area contributed by atoms with E-state index in [-0.39, 0.29) is 63.8 Å². The van der Waals surface area contributed by atoms with Gasteiger partial charge in [-0.25, -0.2) is 8.78 Å². The number of benzene rings is 2. The average Bonchev–Trinajstić information content (AvgIpc) is 1.66. The summed E-state index contributed by atoms with van der Waals surface area (Å²) in [6.07, 6.45) is -2.38. The second kappa shape index (κ2) is 36.1. The Hall–Kier alpha value is -9.22. The van der Waals surface area contributed by atoms with Crippen molar-refractivity contribution in [1.29, 1.82) is 0 Å². The number of terminal acetylenes is 1. The normalized spacial score (nSPS) is 26.1. The van der Waals surface area contributed by atoms with Crippen molar-refractivity contribution in [2.75, 3.05) is 89.2 Å². The molecule has 0 aromatic heterocycles. The Labute approximate surface area is 617 Å². The Bertz CT molecular complexity index is 3690. The summed E-state index contributed by atoms with van der Waals surface area (Å²) < 4.78 is 120. The van der Waals surface area contributed by atoms with Gasteiger partial charge < -0.3 is 64.8 Å². The largest absolute Gasteiger partial charge is 0.422 e.